The summed E-state index contributed by atoms with van der Waals surface area (Å²) in [5, 5.41) is 12.1. The van der Waals surface area contributed by atoms with Gasteiger partial charge in [-0.1, -0.05) is 13.3 Å². The number of nitrogens with two attached hydrogens (primary N) is 2. The van der Waals surface area contributed by atoms with Gasteiger partial charge < -0.3 is 21.9 Å². The molecule has 0 fully saturated rings. The van der Waals surface area contributed by atoms with Gasteiger partial charge in [0.15, 0.2) is 0 Å². The van der Waals surface area contributed by atoms with Gasteiger partial charge in [-0.2, -0.15) is 0 Å². The molecule has 0 aliphatic rings. The molecule has 1 aromatic carbocycles. The minimum absolute atomic E-state index is 0.191. The van der Waals surface area contributed by atoms with E-state index in [0.717, 1.165) is 25.1 Å². The molecule has 5 nitrogen and oxygen atoms in total. The van der Waals surface area contributed by atoms with Crippen LogP contribution in [-0.4, -0.2) is 24.2 Å². The molecule has 1 aromatic rings. The topological polar surface area (TPSA) is 101 Å². The number of aliphatic hydroxyl groups excluding tert-OH is 1. The minimum atomic E-state index is -0.486. The smallest absolute Gasteiger partial charge is 0.248 e. The molecule has 18 heavy (non-hydrogen) atoms. The summed E-state index contributed by atoms with van der Waals surface area (Å²) in [6, 6.07) is 4.97. The van der Waals surface area contributed by atoms with Crippen LogP contribution in [0.5, 0.6) is 0 Å². The van der Waals surface area contributed by atoms with E-state index in [-0.39, 0.29) is 6.61 Å². The number of carbonyl (C=O) groups excluding carboxylic acids is 1. The molecule has 0 aliphatic heterocycles. The average Bonchev–Trinajstić information content (AvgIpc) is 2.35. The molecule has 0 saturated heterocycles. The van der Waals surface area contributed by atoms with Crippen molar-refractivity contribution in [2.45, 2.75) is 19.8 Å². The highest BCUT2D eigenvalue weighted by Crippen LogP contribution is 2.20. The Bertz CT molecular complexity index is 407. The Morgan fingerprint density at radius 2 is 2.22 bits per heavy atom. The lowest BCUT2D eigenvalue weighted by Crippen LogP contribution is -2.16. The molecule has 1 unspecified atom stereocenters. The Morgan fingerprint density at radius 3 is 2.72 bits per heavy atom. The van der Waals surface area contributed by atoms with Crippen LogP contribution in [0, 0.1) is 5.92 Å². The molecule has 0 bridgehead atoms. The van der Waals surface area contributed by atoms with Gasteiger partial charge >= 0.3 is 0 Å². The number of amides is 1. The van der Waals surface area contributed by atoms with E-state index in [2.05, 4.69) is 12.2 Å². The van der Waals surface area contributed by atoms with Crippen LogP contribution in [0.25, 0.3) is 0 Å². The summed E-state index contributed by atoms with van der Waals surface area (Å²) in [4.78, 5) is 11.0. The molecule has 0 radical (unpaired) electrons. The first-order valence-corrected chi connectivity index (χ1v) is 6.12. The van der Waals surface area contributed by atoms with Gasteiger partial charge in [-0.25, -0.2) is 0 Å². The van der Waals surface area contributed by atoms with Crippen LogP contribution in [0.2, 0.25) is 0 Å². The normalized spacial score (nSPS) is 12.1. The highest BCUT2D eigenvalue weighted by molar-refractivity contribution is 5.94. The predicted molar refractivity (Wildman–Crippen MR) is 73.3 cm³/mol. The van der Waals surface area contributed by atoms with Crippen molar-refractivity contribution in [3.8, 4) is 0 Å². The molecule has 5 heteroatoms. The summed E-state index contributed by atoms with van der Waals surface area (Å²) in [5.41, 5.74) is 12.7. The van der Waals surface area contributed by atoms with Gasteiger partial charge in [-0.05, 0) is 30.5 Å². The number of primary amides is 1. The summed E-state index contributed by atoms with van der Waals surface area (Å²) in [6.07, 6.45) is 1.76. The van der Waals surface area contributed by atoms with E-state index in [1.54, 1.807) is 18.2 Å². The number of benzene rings is 1. The first-order chi connectivity index (χ1) is 8.58. The van der Waals surface area contributed by atoms with Crippen molar-refractivity contribution in [3.05, 3.63) is 23.8 Å². The Hall–Kier alpha value is -1.75. The minimum Gasteiger partial charge on any atom is -0.397 e. The average molecular weight is 251 g/mol. The maximum Gasteiger partial charge on any atom is 0.248 e. The second-order valence-corrected chi connectivity index (χ2v) is 4.33. The van der Waals surface area contributed by atoms with Gasteiger partial charge in [0.1, 0.15) is 0 Å². The molecule has 1 atom stereocenters. The molecule has 1 rings (SSSR count). The molecule has 0 heterocycles. The third-order valence-electron chi connectivity index (χ3n) is 3.03. The molecule has 100 valence electrons. The van der Waals surface area contributed by atoms with Crippen LogP contribution in [0.3, 0.4) is 0 Å². The van der Waals surface area contributed by atoms with Gasteiger partial charge in [-0.15, -0.1) is 0 Å². The summed E-state index contributed by atoms with van der Waals surface area (Å²) in [6.45, 7) is 3.02. The van der Waals surface area contributed by atoms with Gasteiger partial charge in [0.05, 0.1) is 11.4 Å². The molecule has 0 saturated carbocycles. The number of rotatable bonds is 7. The van der Waals surface area contributed by atoms with E-state index in [9.17, 15) is 4.79 Å². The van der Waals surface area contributed by atoms with Crippen molar-refractivity contribution < 1.29 is 9.90 Å². The fourth-order valence-electron chi connectivity index (χ4n) is 1.76. The Morgan fingerprint density at radius 1 is 1.50 bits per heavy atom. The molecular formula is C13H21N3O2. The summed E-state index contributed by atoms with van der Waals surface area (Å²) < 4.78 is 0. The quantitative estimate of drug-likeness (QED) is 0.547. The first kappa shape index (κ1) is 14.3. The lowest BCUT2D eigenvalue weighted by molar-refractivity contribution is 0.100. The molecule has 0 aromatic heterocycles. The van der Waals surface area contributed by atoms with E-state index in [1.807, 2.05) is 0 Å². The van der Waals surface area contributed by atoms with E-state index >= 15 is 0 Å². The number of carbonyl (C=O) groups is 1. The Kier molecular flexibility index (Phi) is 5.45. The van der Waals surface area contributed by atoms with E-state index in [0.29, 0.717) is 17.2 Å². The summed E-state index contributed by atoms with van der Waals surface area (Å²) in [5.74, 6) is -0.0785. The van der Waals surface area contributed by atoms with Gasteiger partial charge in [0.25, 0.3) is 0 Å². The van der Waals surface area contributed by atoms with Crippen LogP contribution < -0.4 is 16.8 Å². The lowest BCUT2D eigenvalue weighted by atomic mass is 10.0. The summed E-state index contributed by atoms with van der Waals surface area (Å²) >= 11 is 0. The van der Waals surface area contributed by atoms with Crippen LogP contribution in [-0.2, 0) is 0 Å². The highest BCUT2D eigenvalue weighted by atomic mass is 16.3. The van der Waals surface area contributed by atoms with Gasteiger partial charge in [0.2, 0.25) is 5.91 Å². The molecule has 1 amide bonds. The van der Waals surface area contributed by atoms with Crippen molar-refractivity contribution in [1.29, 1.82) is 0 Å². The number of hydrogen-bond donors (Lipinski definition) is 4. The van der Waals surface area contributed by atoms with Crippen LogP contribution in [0.15, 0.2) is 18.2 Å². The number of aliphatic hydroxyl groups is 1. The SMILES string of the molecule is CCC(CCO)CNc1ccc(C(N)=O)cc1N. The monoisotopic (exact) mass is 251 g/mol. The number of hydrogen-bond acceptors (Lipinski definition) is 4. The maximum absolute atomic E-state index is 11.0. The fraction of sp³-hybridized carbons (Fsp3) is 0.462. The van der Waals surface area contributed by atoms with Crippen LogP contribution in [0.4, 0.5) is 11.4 Å². The van der Waals surface area contributed by atoms with Gasteiger partial charge in [0, 0.05) is 18.7 Å². The largest absolute Gasteiger partial charge is 0.397 e. The third kappa shape index (κ3) is 3.92. The van der Waals surface area contributed by atoms with Crippen molar-refractivity contribution in [2.24, 2.45) is 11.7 Å². The third-order valence-corrected chi connectivity index (χ3v) is 3.03. The standard InChI is InChI=1S/C13H21N3O2/c1-2-9(5-6-17)8-16-12-4-3-10(13(15)18)7-11(12)14/h3-4,7,9,16-17H,2,5-6,8,14H2,1H3,(H2,15,18). The van der Waals surface area contributed by atoms with E-state index in [4.69, 9.17) is 16.6 Å². The molecule has 0 aliphatic carbocycles. The zero-order valence-electron chi connectivity index (χ0n) is 10.6. The van der Waals surface area contributed by atoms with Gasteiger partial charge in [-0.3, -0.25) is 4.79 Å². The number of nitrogens with one attached hydrogen (secondary N) is 1. The number of anilines is 2. The zero-order valence-corrected chi connectivity index (χ0v) is 10.6. The fourth-order valence-corrected chi connectivity index (χ4v) is 1.76. The van der Waals surface area contributed by atoms with Crippen molar-refractivity contribution >= 4 is 17.3 Å². The van der Waals surface area contributed by atoms with Crippen molar-refractivity contribution in [3.63, 3.8) is 0 Å². The zero-order chi connectivity index (χ0) is 13.5. The molecular weight excluding hydrogens is 230 g/mol. The van der Waals surface area contributed by atoms with Crippen LogP contribution in [0.1, 0.15) is 30.1 Å². The van der Waals surface area contributed by atoms with E-state index in [1.165, 1.54) is 0 Å². The predicted octanol–water partition coefficient (Wildman–Crippen LogP) is 1.19. The second kappa shape index (κ2) is 6.86. The van der Waals surface area contributed by atoms with Crippen LogP contribution >= 0.6 is 0 Å². The first-order valence-electron chi connectivity index (χ1n) is 6.12. The van der Waals surface area contributed by atoms with Crippen molar-refractivity contribution in [2.75, 3.05) is 24.2 Å². The molecule has 0 spiro atoms. The number of nitrogen functional groups attached to an aromatic ring is 1. The maximum atomic E-state index is 11.0. The van der Waals surface area contributed by atoms with Crippen molar-refractivity contribution in [1.82, 2.24) is 0 Å². The summed E-state index contributed by atoms with van der Waals surface area (Å²) in [7, 11) is 0. The molecule has 6 N–H and O–H groups in total. The Balaban J connectivity index is 2.65. The highest BCUT2D eigenvalue weighted by Gasteiger charge is 2.08. The lowest BCUT2D eigenvalue weighted by Gasteiger charge is -2.16. The second-order valence-electron chi connectivity index (χ2n) is 4.33. The van der Waals surface area contributed by atoms with E-state index < -0.39 is 5.91 Å². The Labute approximate surface area is 107 Å².